The van der Waals surface area contributed by atoms with Crippen molar-refractivity contribution >= 4 is 16.8 Å². The highest BCUT2D eigenvalue weighted by atomic mass is 19.4. The van der Waals surface area contributed by atoms with Gasteiger partial charge in [-0.05, 0) is 30.3 Å². The predicted molar refractivity (Wildman–Crippen MR) is 115 cm³/mol. The van der Waals surface area contributed by atoms with Gasteiger partial charge >= 0.3 is 6.18 Å². The van der Waals surface area contributed by atoms with Crippen LogP contribution in [-0.4, -0.2) is 48.0 Å². The average molecular weight is 474 g/mol. The highest BCUT2D eigenvalue weighted by Crippen LogP contribution is 2.28. The fraction of sp³-hybridized carbons (Fsp3) is 0.273. The van der Waals surface area contributed by atoms with Crippen LogP contribution in [0.3, 0.4) is 0 Å². The number of hydrogen-bond donors (Lipinski definition) is 2. The molecule has 0 bridgehead atoms. The zero-order chi connectivity index (χ0) is 24.3. The second-order valence-electron chi connectivity index (χ2n) is 7.51. The van der Waals surface area contributed by atoms with Crippen LogP contribution in [0.15, 0.2) is 55.0 Å². The first-order valence-electron chi connectivity index (χ1n) is 10.3. The number of rotatable bonds is 8. The Kier molecular flexibility index (Phi) is 6.50. The molecular formula is C22H21F3N6O3. The van der Waals surface area contributed by atoms with Gasteiger partial charge in [0.15, 0.2) is 0 Å². The SMILES string of the molecule is Cn1nc2ccc(OCc3ccccn3)cc2c1C(=O)NC(CO)Cn1ccnc1C(F)(F)F. The molecule has 3 heterocycles. The molecule has 1 aromatic carbocycles. The lowest BCUT2D eigenvalue weighted by atomic mass is 10.1. The zero-order valence-corrected chi connectivity index (χ0v) is 18.0. The van der Waals surface area contributed by atoms with Gasteiger partial charge in [0.2, 0.25) is 5.82 Å². The first-order valence-corrected chi connectivity index (χ1v) is 10.3. The van der Waals surface area contributed by atoms with Crippen LogP contribution in [0.2, 0.25) is 0 Å². The number of hydrogen-bond acceptors (Lipinski definition) is 6. The maximum Gasteiger partial charge on any atom is 0.449 e. The number of carbonyl (C=O) groups is 1. The van der Waals surface area contributed by atoms with E-state index in [1.165, 1.54) is 4.68 Å². The van der Waals surface area contributed by atoms with Gasteiger partial charge in [0, 0.05) is 37.6 Å². The van der Waals surface area contributed by atoms with Gasteiger partial charge < -0.3 is 19.7 Å². The molecule has 0 saturated carbocycles. The third kappa shape index (κ3) is 5.01. The van der Waals surface area contributed by atoms with Gasteiger partial charge in [-0.3, -0.25) is 14.5 Å². The molecule has 34 heavy (non-hydrogen) atoms. The molecule has 1 atom stereocenters. The third-order valence-electron chi connectivity index (χ3n) is 5.07. The second-order valence-corrected chi connectivity index (χ2v) is 7.51. The Morgan fingerprint density at radius 3 is 2.74 bits per heavy atom. The number of pyridine rings is 1. The Morgan fingerprint density at radius 2 is 2.03 bits per heavy atom. The van der Waals surface area contributed by atoms with Crippen molar-refractivity contribution in [1.82, 2.24) is 29.6 Å². The lowest BCUT2D eigenvalue weighted by molar-refractivity contribution is -0.147. The molecule has 4 rings (SSSR count). The van der Waals surface area contributed by atoms with Crippen LogP contribution in [0.5, 0.6) is 5.75 Å². The van der Waals surface area contributed by atoms with E-state index in [9.17, 15) is 23.1 Å². The van der Waals surface area contributed by atoms with Crippen molar-refractivity contribution in [1.29, 1.82) is 0 Å². The molecule has 0 aliphatic carbocycles. The zero-order valence-electron chi connectivity index (χ0n) is 18.0. The number of amides is 1. The highest BCUT2D eigenvalue weighted by molar-refractivity contribution is 6.05. The van der Waals surface area contributed by atoms with Crippen molar-refractivity contribution in [3.05, 3.63) is 72.2 Å². The van der Waals surface area contributed by atoms with Crippen molar-refractivity contribution in [2.24, 2.45) is 7.05 Å². The molecule has 2 N–H and O–H groups in total. The van der Waals surface area contributed by atoms with Crippen LogP contribution in [0, 0.1) is 0 Å². The minimum Gasteiger partial charge on any atom is -0.487 e. The van der Waals surface area contributed by atoms with Gasteiger partial charge in [-0.15, -0.1) is 0 Å². The van der Waals surface area contributed by atoms with E-state index in [1.807, 2.05) is 12.1 Å². The van der Waals surface area contributed by atoms with Crippen LogP contribution >= 0.6 is 0 Å². The molecule has 0 radical (unpaired) electrons. The molecule has 0 aliphatic heterocycles. The number of halogens is 3. The average Bonchev–Trinajstić information content (AvgIpc) is 3.41. The van der Waals surface area contributed by atoms with E-state index in [0.717, 1.165) is 22.7 Å². The Morgan fingerprint density at radius 1 is 1.21 bits per heavy atom. The van der Waals surface area contributed by atoms with Crippen molar-refractivity contribution in [3.63, 3.8) is 0 Å². The summed E-state index contributed by atoms with van der Waals surface area (Å²) in [7, 11) is 1.58. The maximum absolute atomic E-state index is 13.1. The van der Waals surface area contributed by atoms with Gasteiger partial charge in [-0.2, -0.15) is 18.3 Å². The summed E-state index contributed by atoms with van der Waals surface area (Å²) in [6.07, 6.45) is -0.843. The molecule has 0 fully saturated rings. The van der Waals surface area contributed by atoms with E-state index in [0.29, 0.717) is 16.7 Å². The molecule has 3 aromatic heterocycles. The van der Waals surface area contributed by atoms with Gasteiger partial charge in [0.05, 0.1) is 23.9 Å². The summed E-state index contributed by atoms with van der Waals surface area (Å²) in [4.78, 5) is 20.5. The topological polar surface area (TPSA) is 107 Å². The molecule has 4 aromatic rings. The smallest absolute Gasteiger partial charge is 0.449 e. The second kappa shape index (κ2) is 9.51. The van der Waals surface area contributed by atoms with Gasteiger partial charge in [0.1, 0.15) is 18.1 Å². The summed E-state index contributed by atoms with van der Waals surface area (Å²) < 4.78 is 47.3. The molecule has 178 valence electrons. The number of fused-ring (bicyclic) bond motifs is 1. The highest BCUT2D eigenvalue weighted by Gasteiger charge is 2.36. The fourth-order valence-electron chi connectivity index (χ4n) is 3.53. The summed E-state index contributed by atoms with van der Waals surface area (Å²) in [5, 5.41) is 17.1. The van der Waals surface area contributed by atoms with E-state index in [1.54, 1.807) is 37.5 Å². The Labute approximate surface area is 191 Å². The maximum atomic E-state index is 13.1. The number of aryl methyl sites for hydroxylation is 1. The largest absolute Gasteiger partial charge is 0.487 e. The van der Waals surface area contributed by atoms with Gasteiger partial charge in [0.25, 0.3) is 5.91 Å². The molecule has 1 unspecified atom stereocenters. The molecule has 0 aliphatic rings. The Hall–Kier alpha value is -3.93. The minimum atomic E-state index is -4.66. The number of benzene rings is 1. The first kappa shape index (κ1) is 23.2. The number of imidazole rings is 1. The van der Waals surface area contributed by atoms with E-state index in [-0.39, 0.29) is 18.8 Å². The lowest BCUT2D eigenvalue weighted by Crippen LogP contribution is -2.41. The first-order chi connectivity index (χ1) is 16.3. The number of ether oxygens (including phenoxy) is 1. The minimum absolute atomic E-state index is 0.179. The summed E-state index contributed by atoms with van der Waals surface area (Å²) in [5.74, 6) is -1.22. The number of aliphatic hydroxyl groups excluding tert-OH is 1. The third-order valence-corrected chi connectivity index (χ3v) is 5.07. The van der Waals surface area contributed by atoms with Crippen LogP contribution < -0.4 is 10.1 Å². The van der Waals surface area contributed by atoms with Crippen LogP contribution in [0.25, 0.3) is 10.9 Å². The number of aromatic nitrogens is 5. The molecular weight excluding hydrogens is 453 g/mol. The van der Waals surface area contributed by atoms with E-state index in [2.05, 4.69) is 20.4 Å². The number of nitrogens with zero attached hydrogens (tertiary/aromatic N) is 5. The number of nitrogens with one attached hydrogen (secondary N) is 1. The van der Waals surface area contributed by atoms with Crippen LogP contribution in [0.1, 0.15) is 22.0 Å². The molecule has 1 amide bonds. The van der Waals surface area contributed by atoms with Crippen LogP contribution in [0.4, 0.5) is 13.2 Å². The van der Waals surface area contributed by atoms with Crippen molar-refractivity contribution in [2.75, 3.05) is 6.61 Å². The quantitative estimate of drug-likeness (QED) is 0.407. The van der Waals surface area contributed by atoms with Gasteiger partial charge in [-0.1, -0.05) is 6.07 Å². The lowest BCUT2D eigenvalue weighted by Gasteiger charge is -2.19. The Balaban J connectivity index is 1.53. The molecule has 0 spiro atoms. The fourth-order valence-corrected chi connectivity index (χ4v) is 3.53. The van der Waals surface area contributed by atoms with E-state index in [4.69, 9.17) is 4.74 Å². The van der Waals surface area contributed by atoms with E-state index < -0.39 is 30.6 Å². The summed E-state index contributed by atoms with van der Waals surface area (Å²) >= 11 is 0. The Bertz CT molecular complexity index is 1290. The van der Waals surface area contributed by atoms with Crippen molar-refractivity contribution in [3.8, 4) is 5.75 Å². The summed E-state index contributed by atoms with van der Waals surface area (Å²) in [6, 6.07) is 9.55. The van der Waals surface area contributed by atoms with Gasteiger partial charge in [-0.25, -0.2) is 4.98 Å². The van der Waals surface area contributed by atoms with Crippen LogP contribution in [-0.2, 0) is 26.4 Å². The molecule has 0 saturated heterocycles. The standard InChI is InChI=1S/C22H21F3N6O3/c1-30-19(20(33)28-15(12-32)11-31-9-8-27-21(31)22(23,24)25)17-10-16(5-6-18(17)29-30)34-13-14-4-2-3-7-26-14/h2-10,15,32H,11-13H2,1H3,(H,28,33). The molecule has 9 nitrogen and oxygen atoms in total. The predicted octanol–water partition coefficient (Wildman–Crippen LogP) is 2.55. The van der Waals surface area contributed by atoms with Crippen molar-refractivity contribution in [2.45, 2.75) is 25.4 Å². The molecule has 12 heteroatoms. The van der Waals surface area contributed by atoms with Crippen molar-refractivity contribution < 1.29 is 27.8 Å². The number of alkyl halides is 3. The number of carbonyl (C=O) groups excluding carboxylic acids is 1. The number of aliphatic hydroxyl groups is 1. The van der Waals surface area contributed by atoms with E-state index >= 15 is 0 Å². The normalized spacial score (nSPS) is 12.6. The summed E-state index contributed by atoms with van der Waals surface area (Å²) in [5.41, 5.74) is 1.45. The monoisotopic (exact) mass is 474 g/mol. The summed E-state index contributed by atoms with van der Waals surface area (Å²) in [6.45, 7) is -0.659.